The minimum atomic E-state index is -3.78. The van der Waals surface area contributed by atoms with E-state index in [-0.39, 0.29) is 10.8 Å². The lowest BCUT2D eigenvalue weighted by Gasteiger charge is -2.26. The van der Waals surface area contributed by atoms with Crippen molar-refractivity contribution < 1.29 is 17.9 Å². The summed E-state index contributed by atoms with van der Waals surface area (Å²) >= 11 is 1.30. The number of carbonyl (C=O) groups is 1. The fraction of sp³-hybridized carbons (Fsp3) is 0.300. The van der Waals surface area contributed by atoms with Gasteiger partial charge in [-0.05, 0) is 42.0 Å². The summed E-state index contributed by atoms with van der Waals surface area (Å²) in [6.07, 6.45) is 0. The number of hydrogen-bond acceptors (Lipinski definition) is 7. The van der Waals surface area contributed by atoms with Crippen LogP contribution in [0.2, 0.25) is 0 Å². The number of anilines is 2. The molecule has 0 saturated carbocycles. The first kappa shape index (κ1) is 20.7. The maximum absolute atomic E-state index is 12.7. The van der Waals surface area contributed by atoms with Crippen LogP contribution in [0.5, 0.6) is 0 Å². The largest absolute Gasteiger partial charge is 0.379 e. The molecule has 1 aromatic heterocycles. The molecule has 8 nitrogen and oxygen atoms in total. The van der Waals surface area contributed by atoms with Crippen LogP contribution in [0.15, 0.2) is 47.4 Å². The van der Waals surface area contributed by atoms with Gasteiger partial charge in [0, 0.05) is 32.2 Å². The van der Waals surface area contributed by atoms with E-state index < -0.39 is 10.0 Å². The maximum Gasteiger partial charge on any atom is 0.263 e. The Balaban J connectivity index is 1.49. The Morgan fingerprint density at radius 2 is 1.90 bits per heavy atom. The lowest BCUT2D eigenvalue weighted by atomic mass is 10.2. The van der Waals surface area contributed by atoms with Crippen LogP contribution in [0, 0.1) is 0 Å². The molecule has 0 unspecified atom stereocenters. The fourth-order valence-corrected chi connectivity index (χ4v) is 5.39. The standard InChI is InChI=1S/C20H22N4O4S2/c1-14(25)21-16-3-5-17(6-4-16)30(26,27)23-20-22-18-7-2-15(12-19(18)29-20)13-24-8-10-28-11-9-24/h2-7,12H,8-11,13H2,1H3,(H,21,25)(H,22,23). The van der Waals surface area contributed by atoms with E-state index in [9.17, 15) is 13.2 Å². The van der Waals surface area contributed by atoms with Crippen molar-refractivity contribution in [3.63, 3.8) is 0 Å². The van der Waals surface area contributed by atoms with E-state index >= 15 is 0 Å². The Morgan fingerprint density at radius 1 is 1.17 bits per heavy atom. The van der Waals surface area contributed by atoms with E-state index in [0.29, 0.717) is 10.8 Å². The van der Waals surface area contributed by atoms with Gasteiger partial charge in [-0.25, -0.2) is 13.4 Å². The Hall–Kier alpha value is -2.53. The molecule has 3 aromatic rings. The van der Waals surface area contributed by atoms with E-state index in [1.165, 1.54) is 30.4 Å². The number of ether oxygens (including phenoxy) is 1. The summed E-state index contributed by atoms with van der Waals surface area (Å²) in [5.74, 6) is -0.216. The molecule has 0 bridgehead atoms. The smallest absolute Gasteiger partial charge is 0.263 e. The summed E-state index contributed by atoms with van der Waals surface area (Å²) in [7, 11) is -3.78. The molecule has 1 saturated heterocycles. The third kappa shape index (κ3) is 4.96. The monoisotopic (exact) mass is 446 g/mol. The number of thiazole rings is 1. The summed E-state index contributed by atoms with van der Waals surface area (Å²) in [4.78, 5) is 17.9. The van der Waals surface area contributed by atoms with Crippen molar-refractivity contribution in [1.29, 1.82) is 0 Å². The second kappa shape index (κ2) is 8.68. The molecule has 0 spiro atoms. The van der Waals surface area contributed by atoms with Crippen molar-refractivity contribution >= 4 is 48.3 Å². The van der Waals surface area contributed by atoms with Gasteiger partial charge < -0.3 is 10.1 Å². The van der Waals surface area contributed by atoms with E-state index in [2.05, 4.69) is 26.0 Å². The van der Waals surface area contributed by atoms with Gasteiger partial charge in [0.1, 0.15) is 0 Å². The average molecular weight is 447 g/mol. The molecule has 0 atom stereocenters. The Labute approximate surface area is 178 Å². The van der Waals surface area contributed by atoms with Crippen LogP contribution in [0.1, 0.15) is 12.5 Å². The molecule has 1 amide bonds. The number of amides is 1. The molecular formula is C20H22N4O4S2. The van der Waals surface area contributed by atoms with Crippen molar-refractivity contribution in [3.05, 3.63) is 48.0 Å². The van der Waals surface area contributed by atoms with Gasteiger partial charge in [0.05, 0.1) is 28.3 Å². The minimum Gasteiger partial charge on any atom is -0.379 e. The van der Waals surface area contributed by atoms with E-state index in [4.69, 9.17) is 4.74 Å². The first-order valence-electron chi connectivity index (χ1n) is 9.49. The Morgan fingerprint density at radius 3 is 2.60 bits per heavy atom. The molecule has 2 N–H and O–H groups in total. The second-order valence-electron chi connectivity index (χ2n) is 7.02. The van der Waals surface area contributed by atoms with Crippen molar-refractivity contribution in [2.24, 2.45) is 0 Å². The first-order chi connectivity index (χ1) is 14.4. The van der Waals surface area contributed by atoms with Gasteiger partial charge in [0.25, 0.3) is 10.0 Å². The van der Waals surface area contributed by atoms with Crippen molar-refractivity contribution in [2.45, 2.75) is 18.4 Å². The van der Waals surface area contributed by atoms with Gasteiger partial charge in [-0.1, -0.05) is 17.4 Å². The molecule has 30 heavy (non-hydrogen) atoms. The molecule has 10 heteroatoms. The van der Waals surface area contributed by atoms with E-state index in [1.807, 2.05) is 12.1 Å². The number of carbonyl (C=O) groups excluding carboxylic acids is 1. The molecule has 1 aliphatic heterocycles. The van der Waals surface area contributed by atoms with Gasteiger partial charge >= 0.3 is 0 Å². The van der Waals surface area contributed by atoms with Gasteiger partial charge in [-0.3, -0.25) is 14.4 Å². The number of rotatable bonds is 6. The Bertz CT molecular complexity index is 1150. The summed E-state index contributed by atoms with van der Waals surface area (Å²) < 4.78 is 34.2. The van der Waals surface area contributed by atoms with Crippen LogP contribution in [0.3, 0.4) is 0 Å². The summed E-state index contributed by atoms with van der Waals surface area (Å²) in [5, 5.41) is 2.93. The molecule has 2 heterocycles. The van der Waals surface area contributed by atoms with Gasteiger partial charge in [-0.2, -0.15) is 0 Å². The van der Waals surface area contributed by atoms with Gasteiger partial charge in [-0.15, -0.1) is 0 Å². The highest BCUT2D eigenvalue weighted by Crippen LogP contribution is 2.29. The zero-order valence-corrected chi connectivity index (χ0v) is 18.1. The third-order valence-electron chi connectivity index (χ3n) is 4.67. The number of benzene rings is 2. The molecule has 1 fully saturated rings. The third-order valence-corrected chi connectivity index (χ3v) is 7.09. The summed E-state index contributed by atoms with van der Waals surface area (Å²) in [6, 6.07) is 12.0. The maximum atomic E-state index is 12.7. The van der Waals surface area contributed by atoms with Gasteiger partial charge in [0.2, 0.25) is 5.91 Å². The van der Waals surface area contributed by atoms with Crippen LogP contribution in [-0.2, 0) is 26.1 Å². The quantitative estimate of drug-likeness (QED) is 0.604. The number of nitrogens with zero attached hydrogens (tertiary/aromatic N) is 2. The van der Waals surface area contributed by atoms with Crippen LogP contribution < -0.4 is 10.0 Å². The van der Waals surface area contributed by atoms with Crippen LogP contribution >= 0.6 is 11.3 Å². The topological polar surface area (TPSA) is 101 Å². The lowest BCUT2D eigenvalue weighted by Crippen LogP contribution is -2.35. The average Bonchev–Trinajstić information content (AvgIpc) is 3.09. The zero-order chi connectivity index (χ0) is 21.1. The van der Waals surface area contributed by atoms with Crippen LogP contribution in [0.25, 0.3) is 10.2 Å². The Kier molecular flexibility index (Phi) is 6.00. The highest BCUT2D eigenvalue weighted by atomic mass is 32.2. The number of fused-ring (bicyclic) bond motifs is 1. The molecule has 158 valence electrons. The summed E-state index contributed by atoms with van der Waals surface area (Å²) in [5.41, 5.74) is 2.45. The number of aromatic nitrogens is 1. The van der Waals surface area contributed by atoms with Crippen molar-refractivity contribution in [3.8, 4) is 0 Å². The predicted molar refractivity (Wildman–Crippen MR) is 117 cm³/mol. The number of morpholine rings is 1. The highest BCUT2D eigenvalue weighted by molar-refractivity contribution is 7.93. The SMILES string of the molecule is CC(=O)Nc1ccc(S(=O)(=O)Nc2nc3ccc(CN4CCOCC4)cc3s2)cc1. The van der Waals surface area contributed by atoms with Crippen LogP contribution in [-0.4, -0.2) is 50.5 Å². The molecular weight excluding hydrogens is 424 g/mol. The highest BCUT2D eigenvalue weighted by Gasteiger charge is 2.17. The number of sulfonamides is 1. The van der Waals surface area contributed by atoms with E-state index in [0.717, 1.165) is 48.6 Å². The lowest BCUT2D eigenvalue weighted by molar-refractivity contribution is -0.114. The number of hydrogen-bond donors (Lipinski definition) is 2. The van der Waals surface area contributed by atoms with Gasteiger partial charge in [0.15, 0.2) is 5.13 Å². The molecule has 0 aliphatic carbocycles. The predicted octanol–water partition coefficient (Wildman–Crippen LogP) is 2.89. The zero-order valence-electron chi connectivity index (χ0n) is 16.4. The fourth-order valence-electron chi connectivity index (χ4n) is 3.22. The van der Waals surface area contributed by atoms with Crippen molar-refractivity contribution in [2.75, 3.05) is 36.3 Å². The van der Waals surface area contributed by atoms with Crippen molar-refractivity contribution in [1.82, 2.24) is 9.88 Å². The summed E-state index contributed by atoms with van der Waals surface area (Å²) in [6.45, 7) is 5.55. The molecule has 2 aromatic carbocycles. The molecule has 4 rings (SSSR count). The molecule has 1 aliphatic rings. The van der Waals surface area contributed by atoms with Crippen LogP contribution in [0.4, 0.5) is 10.8 Å². The second-order valence-corrected chi connectivity index (χ2v) is 9.73. The van der Waals surface area contributed by atoms with E-state index in [1.54, 1.807) is 12.1 Å². The number of nitrogens with one attached hydrogen (secondary N) is 2. The normalized spacial score (nSPS) is 15.2. The first-order valence-corrected chi connectivity index (χ1v) is 11.8. The molecule has 0 radical (unpaired) electrons. The minimum absolute atomic E-state index is 0.101.